The molecule has 0 bridgehead atoms. The Balaban J connectivity index is 1.46. The van der Waals surface area contributed by atoms with Crippen molar-refractivity contribution < 1.29 is 9.53 Å². The molecule has 0 spiro atoms. The van der Waals surface area contributed by atoms with Gasteiger partial charge in [0.15, 0.2) is 11.0 Å². The van der Waals surface area contributed by atoms with E-state index in [0.717, 1.165) is 36.8 Å². The molecule has 2 heterocycles. The molecule has 1 amide bonds. The maximum Gasteiger partial charge on any atom is 0.235 e. The molecule has 0 fully saturated rings. The molecule has 0 atom stereocenters. The highest BCUT2D eigenvalue weighted by Crippen LogP contribution is 2.38. The molecule has 0 unspecified atom stereocenters. The highest BCUT2D eigenvalue weighted by Gasteiger charge is 2.22. The van der Waals surface area contributed by atoms with Crippen LogP contribution in [0.3, 0.4) is 0 Å². The Labute approximate surface area is 193 Å². The molecule has 0 radical (unpaired) electrons. The van der Waals surface area contributed by atoms with E-state index < -0.39 is 0 Å². The minimum Gasteiger partial charge on any atom is -0.496 e. The van der Waals surface area contributed by atoms with Crippen LogP contribution in [0.4, 0.5) is 5.00 Å². The standard InChI is InChI=1S/C21H20ClN5O2S2/c1-27-19(14-9-12(22)7-8-16(14)29-2)25-26-21(27)30-11-18(28)24-20-15(10-23)13-5-3-4-6-17(13)31-20/h7-9H,3-6,11H2,1-2H3,(H,24,28). The van der Waals surface area contributed by atoms with E-state index in [1.54, 1.807) is 29.9 Å². The summed E-state index contributed by atoms with van der Waals surface area (Å²) in [4.78, 5) is 13.8. The number of nitrogens with zero attached hydrogens (tertiary/aromatic N) is 4. The number of fused-ring (bicyclic) bond motifs is 1. The van der Waals surface area contributed by atoms with Crippen molar-refractivity contribution >= 4 is 45.6 Å². The van der Waals surface area contributed by atoms with Gasteiger partial charge in [-0.25, -0.2) is 0 Å². The van der Waals surface area contributed by atoms with Gasteiger partial charge in [0.1, 0.15) is 16.8 Å². The fraction of sp³-hybridized carbons (Fsp3) is 0.333. The number of nitriles is 1. The van der Waals surface area contributed by atoms with Gasteiger partial charge in [-0.3, -0.25) is 4.79 Å². The highest BCUT2D eigenvalue weighted by atomic mass is 35.5. The number of thioether (sulfide) groups is 1. The van der Waals surface area contributed by atoms with Crippen molar-refractivity contribution in [3.05, 3.63) is 39.2 Å². The van der Waals surface area contributed by atoms with Gasteiger partial charge in [-0.15, -0.1) is 21.5 Å². The number of amides is 1. The summed E-state index contributed by atoms with van der Waals surface area (Å²) >= 11 is 8.94. The zero-order chi connectivity index (χ0) is 22.0. The van der Waals surface area contributed by atoms with Crippen molar-refractivity contribution in [3.63, 3.8) is 0 Å². The van der Waals surface area contributed by atoms with E-state index in [-0.39, 0.29) is 11.7 Å². The predicted molar refractivity (Wildman–Crippen MR) is 123 cm³/mol. The zero-order valence-electron chi connectivity index (χ0n) is 17.1. The molecule has 0 aliphatic heterocycles. The summed E-state index contributed by atoms with van der Waals surface area (Å²) in [5.74, 6) is 1.22. The van der Waals surface area contributed by atoms with Crippen molar-refractivity contribution in [1.29, 1.82) is 5.26 Å². The summed E-state index contributed by atoms with van der Waals surface area (Å²) in [6.07, 6.45) is 4.11. The van der Waals surface area contributed by atoms with E-state index in [1.165, 1.54) is 28.0 Å². The lowest BCUT2D eigenvalue weighted by Gasteiger charge is -2.09. The molecular weight excluding hydrogens is 454 g/mol. The minimum atomic E-state index is -0.176. The summed E-state index contributed by atoms with van der Waals surface area (Å²) in [6.45, 7) is 0. The number of thiophene rings is 1. The number of benzene rings is 1. The van der Waals surface area contributed by atoms with Crippen molar-refractivity contribution in [1.82, 2.24) is 14.8 Å². The lowest BCUT2D eigenvalue weighted by Crippen LogP contribution is -2.14. The molecule has 1 N–H and O–H groups in total. The second kappa shape index (κ2) is 9.30. The van der Waals surface area contributed by atoms with Gasteiger partial charge < -0.3 is 14.6 Å². The summed E-state index contributed by atoms with van der Waals surface area (Å²) in [7, 11) is 3.41. The number of ether oxygens (including phenoxy) is 1. The highest BCUT2D eigenvalue weighted by molar-refractivity contribution is 7.99. The van der Waals surface area contributed by atoms with E-state index in [9.17, 15) is 10.1 Å². The first kappa shape index (κ1) is 21.7. The monoisotopic (exact) mass is 473 g/mol. The smallest absolute Gasteiger partial charge is 0.235 e. The Hall–Kier alpha value is -2.54. The molecule has 2 aromatic heterocycles. The lowest BCUT2D eigenvalue weighted by atomic mass is 9.96. The molecule has 1 aromatic carbocycles. The summed E-state index contributed by atoms with van der Waals surface area (Å²) in [6, 6.07) is 7.57. The summed E-state index contributed by atoms with van der Waals surface area (Å²) in [5, 5.41) is 22.7. The Bertz CT molecular complexity index is 1180. The molecule has 1 aliphatic carbocycles. The number of carbonyl (C=O) groups is 1. The van der Waals surface area contributed by atoms with Crippen molar-refractivity contribution in [2.45, 2.75) is 30.8 Å². The molecule has 0 saturated carbocycles. The van der Waals surface area contributed by atoms with Gasteiger partial charge in [0.2, 0.25) is 5.91 Å². The van der Waals surface area contributed by atoms with Crippen LogP contribution in [0.5, 0.6) is 5.75 Å². The quantitative estimate of drug-likeness (QED) is 0.522. The van der Waals surface area contributed by atoms with Crippen LogP contribution in [0.25, 0.3) is 11.4 Å². The average molecular weight is 474 g/mol. The normalized spacial score (nSPS) is 12.8. The molecule has 1 aliphatic rings. The average Bonchev–Trinajstić information content (AvgIpc) is 3.31. The number of hydrogen-bond acceptors (Lipinski definition) is 7. The molecule has 31 heavy (non-hydrogen) atoms. The third-order valence-corrected chi connectivity index (χ3v) is 7.57. The SMILES string of the molecule is COc1ccc(Cl)cc1-c1nnc(SCC(=O)Nc2sc3c(c2C#N)CCCC3)n1C. The first-order valence-electron chi connectivity index (χ1n) is 9.72. The Kier molecular flexibility index (Phi) is 6.51. The first-order valence-corrected chi connectivity index (χ1v) is 11.9. The van der Waals surface area contributed by atoms with Gasteiger partial charge >= 0.3 is 0 Å². The molecule has 7 nitrogen and oxygen atoms in total. The molecule has 4 rings (SSSR count). The number of hydrogen-bond donors (Lipinski definition) is 1. The fourth-order valence-corrected chi connectivity index (χ4v) is 5.73. The third kappa shape index (κ3) is 4.42. The summed E-state index contributed by atoms with van der Waals surface area (Å²) < 4.78 is 7.21. The topological polar surface area (TPSA) is 92.8 Å². The number of rotatable bonds is 6. The largest absolute Gasteiger partial charge is 0.496 e. The number of anilines is 1. The first-order chi connectivity index (χ1) is 15.0. The predicted octanol–water partition coefficient (Wildman–Crippen LogP) is 4.69. The van der Waals surface area contributed by atoms with Crippen LogP contribution in [0.1, 0.15) is 28.8 Å². The van der Waals surface area contributed by atoms with E-state index in [4.69, 9.17) is 16.3 Å². The molecule has 0 saturated heterocycles. The van der Waals surface area contributed by atoms with Gasteiger partial charge in [-0.1, -0.05) is 23.4 Å². The second-order valence-corrected chi connectivity index (χ2v) is 9.56. The van der Waals surface area contributed by atoms with Crippen LogP contribution >= 0.6 is 34.7 Å². The minimum absolute atomic E-state index is 0.159. The van der Waals surface area contributed by atoms with E-state index in [2.05, 4.69) is 21.6 Å². The lowest BCUT2D eigenvalue weighted by molar-refractivity contribution is -0.113. The van der Waals surface area contributed by atoms with Crippen LogP contribution in [0.15, 0.2) is 23.4 Å². The number of methoxy groups -OCH3 is 1. The van der Waals surface area contributed by atoms with Crippen LogP contribution in [-0.4, -0.2) is 33.5 Å². The number of nitrogens with one attached hydrogen (secondary N) is 1. The number of carbonyl (C=O) groups excluding carboxylic acids is 1. The van der Waals surface area contributed by atoms with Crippen LogP contribution in [0, 0.1) is 11.3 Å². The third-order valence-electron chi connectivity index (χ3n) is 5.11. The van der Waals surface area contributed by atoms with Crippen molar-refractivity contribution in [2.24, 2.45) is 7.05 Å². The van der Waals surface area contributed by atoms with Crippen LogP contribution in [-0.2, 0) is 24.7 Å². The van der Waals surface area contributed by atoms with Crippen LogP contribution < -0.4 is 10.1 Å². The molecule has 3 aromatic rings. The van der Waals surface area contributed by atoms with Gasteiger partial charge in [-0.05, 0) is 49.4 Å². The van der Waals surface area contributed by atoms with Gasteiger partial charge in [0, 0.05) is 16.9 Å². The van der Waals surface area contributed by atoms with Gasteiger partial charge in [0.25, 0.3) is 0 Å². The molecular formula is C21H20ClN5O2S2. The van der Waals surface area contributed by atoms with Crippen LogP contribution in [0.2, 0.25) is 5.02 Å². The van der Waals surface area contributed by atoms with E-state index in [0.29, 0.717) is 32.3 Å². The maximum atomic E-state index is 12.6. The Morgan fingerprint density at radius 2 is 2.19 bits per heavy atom. The molecule has 160 valence electrons. The molecule has 10 heteroatoms. The summed E-state index contributed by atoms with van der Waals surface area (Å²) in [5.41, 5.74) is 2.45. The van der Waals surface area contributed by atoms with Crippen molar-refractivity contribution in [2.75, 3.05) is 18.2 Å². The Morgan fingerprint density at radius 3 is 2.97 bits per heavy atom. The van der Waals surface area contributed by atoms with E-state index in [1.807, 2.05) is 7.05 Å². The van der Waals surface area contributed by atoms with Gasteiger partial charge in [-0.2, -0.15) is 5.26 Å². The zero-order valence-corrected chi connectivity index (χ0v) is 19.5. The number of aromatic nitrogens is 3. The number of halogens is 1. The van der Waals surface area contributed by atoms with Gasteiger partial charge in [0.05, 0.1) is 24.0 Å². The maximum absolute atomic E-state index is 12.6. The van der Waals surface area contributed by atoms with Crippen molar-refractivity contribution in [3.8, 4) is 23.2 Å². The second-order valence-electron chi connectivity index (χ2n) is 7.07. The fourth-order valence-electron chi connectivity index (χ4n) is 3.60. The Morgan fingerprint density at radius 1 is 1.39 bits per heavy atom. The number of aryl methyl sites for hydroxylation is 1. The van der Waals surface area contributed by atoms with E-state index >= 15 is 0 Å².